The maximum Gasteiger partial charge on any atom is 0.240 e. The highest BCUT2D eigenvalue weighted by Gasteiger charge is 2.20. The predicted octanol–water partition coefficient (Wildman–Crippen LogP) is 2.17. The normalized spacial score (nSPS) is 12.3. The van der Waals surface area contributed by atoms with Crippen LogP contribution in [-0.4, -0.2) is 45.8 Å². The van der Waals surface area contributed by atoms with Crippen molar-refractivity contribution in [2.75, 3.05) is 12.3 Å². The van der Waals surface area contributed by atoms with Gasteiger partial charge < -0.3 is 10.8 Å². The van der Waals surface area contributed by atoms with Gasteiger partial charge in [-0.3, -0.25) is 5.10 Å². The Bertz CT molecular complexity index is 1170. The fourth-order valence-corrected chi connectivity index (χ4v) is 3.99. The van der Waals surface area contributed by atoms with E-state index in [9.17, 15) is 13.5 Å². The third-order valence-electron chi connectivity index (χ3n) is 4.71. The smallest absolute Gasteiger partial charge is 0.240 e. The highest BCUT2D eigenvalue weighted by Crippen LogP contribution is 2.30. The highest BCUT2D eigenvalue weighted by molar-refractivity contribution is 7.89. The molecular formula is C20H26N6O3S. The molecule has 2 heterocycles. The second-order valence-corrected chi connectivity index (χ2v) is 9.60. The van der Waals surface area contributed by atoms with E-state index >= 15 is 0 Å². The average molecular weight is 431 g/mol. The third-order valence-corrected chi connectivity index (χ3v) is 6.17. The summed E-state index contributed by atoms with van der Waals surface area (Å²) in [5.74, 6) is 0.262. The van der Waals surface area contributed by atoms with Gasteiger partial charge in [-0.05, 0) is 51.8 Å². The molecule has 0 bridgehead atoms. The number of nitrogens with two attached hydrogens (primary N) is 1. The van der Waals surface area contributed by atoms with Gasteiger partial charge in [0, 0.05) is 23.4 Å². The molecule has 3 rings (SSSR count). The van der Waals surface area contributed by atoms with Crippen molar-refractivity contribution in [3.8, 4) is 22.5 Å². The summed E-state index contributed by atoms with van der Waals surface area (Å²) in [7, 11) is -3.75. The molecular weight excluding hydrogens is 404 g/mol. The van der Waals surface area contributed by atoms with Crippen molar-refractivity contribution >= 4 is 15.8 Å². The zero-order valence-electron chi connectivity index (χ0n) is 17.4. The van der Waals surface area contributed by atoms with E-state index in [0.717, 1.165) is 16.8 Å². The molecule has 0 aliphatic rings. The highest BCUT2D eigenvalue weighted by atomic mass is 32.2. The molecule has 0 aliphatic carbocycles. The first-order valence-electron chi connectivity index (χ1n) is 9.44. The molecule has 0 atom stereocenters. The van der Waals surface area contributed by atoms with Crippen molar-refractivity contribution in [3.05, 3.63) is 41.9 Å². The van der Waals surface area contributed by atoms with Crippen LogP contribution in [-0.2, 0) is 10.0 Å². The van der Waals surface area contributed by atoms with Crippen molar-refractivity contribution in [1.82, 2.24) is 24.9 Å². The van der Waals surface area contributed by atoms with E-state index in [-0.39, 0.29) is 17.3 Å². The van der Waals surface area contributed by atoms with Crippen LogP contribution in [0.25, 0.3) is 22.5 Å². The molecule has 1 aromatic carbocycles. The Kier molecular flexibility index (Phi) is 5.93. The number of aromatic nitrogens is 4. The fourth-order valence-electron chi connectivity index (χ4n) is 2.93. The summed E-state index contributed by atoms with van der Waals surface area (Å²) < 4.78 is 27.9. The summed E-state index contributed by atoms with van der Waals surface area (Å²) in [4.78, 5) is 8.98. The molecule has 9 nitrogen and oxygen atoms in total. The standard InChI is InChI=1S/C20H26N6O3S/c1-12-5-6-14(30(28,29)24-8-7-20(3,4)27)9-15(12)17-11-22-19(21)18(25-17)16-10-23-26-13(16)2/h5-6,9-11,24,27H,7-8H2,1-4H3,(H2,21,22)(H,23,26). The van der Waals surface area contributed by atoms with E-state index in [1.165, 1.54) is 12.3 Å². The van der Waals surface area contributed by atoms with Gasteiger partial charge in [0.2, 0.25) is 10.0 Å². The lowest BCUT2D eigenvalue weighted by atomic mass is 10.1. The minimum Gasteiger partial charge on any atom is -0.390 e. The molecule has 10 heteroatoms. The zero-order valence-corrected chi connectivity index (χ0v) is 18.2. The van der Waals surface area contributed by atoms with Crippen LogP contribution in [0.1, 0.15) is 31.5 Å². The molecule has 0 fully saturated rings. The first-order valence-corrected chi connectivity index (χ1v) is 10.9. The number of hydrogen-bond donors (Lipinski definition) is 4. The van der Waals surface area contributed by atoms with Gasteiger partial charge in [0.05, 0.1) is 28.6 Å². The second-order valence-electron chi connectivity index (χ2n) is 7.83. The molecule has 160 valence electrons. The predicted molar refractivity (Wildman–Crippen MR) is 115 cm³/mol. The van der Waals surface area contributed by atoms with Crippen molar-refractivity contribution in [2.45, 2.75) is 44.6 Å². The van der Waals surface area contributed by atoms with Gasteiger partial charge in [0.1, 0.15) is 11.5 Å². The van der Waals surface area contributed by atoms with E-state index in [2.05, 4.69) is 24.9 Å². The van der Waals surface area contributed by atoms with Gasteiger partial charge in [0.15, 0.2) is 0 Å². The Hall–Kier alpha value is -2.82. The number of nitrogens with zero attached hydrogens (tertiary/aromatic N) is 3. The Morgan fingerprint density at radius 1 is 1.20 bits per heavy atom. The lowest BCUT2D eigenvalue weighted by molar-refractivity contribution is 0.0728. The molecule has 0 unspecified atom stereocenters. The SMILES string of the molecule is Cc1ccc(S(=O)(=O)NCCC(C)(C)O)cc1-c1cnc(N)c(-c2cn[nH]c2C)n1. The summed E-state index contributed by atoms with van der Waals surface area (Å²) in [5, 5.41) is 16.6. The first kappa shape index (κ1) is 21.9. The largest absolute Gasteiger partial charge is 0.390 e. The molecule has 0 amide bonds. The number of anilines is 1. The van der Waals surface area contributed by atoms with Crippen LogP contribution in [0.3, 0.4) is 0 Å². The molecule has 5 N–H and O–H groups in total. The first-order chi connectivity index (χ1) is 14.0. The van der Waals surface area contributed by atoms with Crippen molar-refractivity contribution in [3.63, 3.8) is 0 Å². The maximum atomic E-state index is 12.7. The summed E-state index contributed by atoms with van der Waals surface area (Å²) in [6, 6.07) is 4.83. The molecule has 0 spiro atoms. The van der Waals surface area contributed by atoms with Gasteiger partial charge in [-0.1, -0.05) is 6.07 Å². The summed E-state index contributed by atoms with van der Waals surface area (Å²) in [6.07, 6.45) is 3.44. The number of nitrogen functional groups attached to an aromatic ring is 1. The number of aromatic amines is 1. The lowest BCUT2D eigenvalue weighted by Crippen LogP contribution is -2.30. The van der Waals surface area contributed by atoms with Crippen molar-refractivity contribution < 1.29 is 13.5 Å². The van der Waals surface area contributed by atoms with Crippen molar-refractivity contribution in [2.24, 2.45) is 0 Å². The van der Waals surface area contributed by atoms with Crippen LogP contribution in [0.5, 0.6) is 0 Å². The zero-order chi connectivity index (χ0) is 22.1. The Morgan fingerprint density at radius 2 is 1.93 bits per heavy atom. The minimum atomic E-state index is -3.75. The van der Waals surface area contributed by atoms with E-state index in [0.29, 0.717) is 23.4 Å². The number of H-pyrrole nitrogens is 1. The van der Waals surface area contributed by atoms with Gasteiger partial charge in [-0.25, -0.2) is 23.1 Å². The Balaban J connectivity index is 1.97. The number of benzene rings is 1. The van der Waals surface area contributed by atoms with E-state index in [1.807, 2.05) is 13.8 Å². The van der Waals surface area contributed by atoms with E-state index in [4.69, 9.17) is 5.73 Å². The molecule has 0 saturated carbocycles. The quantitative estimate of drug-likeness (QED) is 0.449. The molecule has 2 aromatic heterocycles. The molecule has 0 aliphatic heterocycles. The minimum absolute atomic E-state index is 0.110. The van der Waals surface area contributed by atoms with E-state index in [1.54, 1.807) is 32.2 Å². The number of sulfonamides is 1. The topological polar surface area (TPSA) is 147 Å². The third kappa shape index (κ3) is 4.84. The monoisotopic (exact) mass is 430 g/mol. The summed E-state index contributed by atoms with van der Waals surface area (Å²) >= 11 is 0. The van der Waals surface area contributed by atoms with Crippen LogP contribution in [0.4, 0.5) is 5.82 Å². The molecule has 0 saturated heterocycles. The van der Waals surface area contributed by atoms with Crippen LogP contribution < -0.4 is 10.5 Å². The Morgan fingerprint density at radius 3 is 2.57 bits per heavy atom. The van der Waals surface area contributed by atoms with Gasteiger partial charge in [-0.2, -0.15) is 5.10 Å². The van der Waals surface area contributed by atoms with Crippen molar-refractivity contribution in [1.29, 1.82) is 0 Å². The fraction of sp³-hybridized carbons (Fsp3) is 0.350. The molecule has 30 heavy (non-hydrogen) atoms. The van der Waals surface area contributed by atoms with Crippen LogP contribution >= 0.6 is 0 Å². The van der Waals surface area contributed by atoms with Gasteiger partial charge in [-0.15, -0.1) is 0 Å². The maximum absolute atomic E-state index is 12.7. The van der Waals surface area contributed by atoms with Gasteiger partial charge >= 0.3 is 0 Å². The number of hydrogen-bond acceptors (Lipinski definition) is 7. The number of aryl methyl sites for hydroxylation is 2. The van der Waals surface area contributed by atoms with Crippen LogP contribution in [0, 0.1) is 13.8 Å². The summed E-state index contributed by atoms with van der Waals surface area (Å²) in [5.41, 5.74) is 9.06. The van der Waals surface area contributed by atoms with E-state index < -0.39 is 15.6 Å². The average Bonchev–Trinajstić information content (AvgIpc) is 3.07. The lowest BCUT2D eigenvalue weighted by Gasteiger charge is -2.17. The number of nitrogens with one attached hydrogen (secondary N) is 2. The second kappa shape index (κ2) is 8.13. The number of rotatable bonds is 7. The number of aliphatic hydroxyl groups is 1. The molecule has 0 radical (unpaired) electrons. The van der Waals surface area contributed by atoms with Gasteiger partial charge in [0.25, 0.3) is 0 Å². The van der Waals surface area contributed by atoms with Crippen LogP contribution in [0.15, 0.2) is 35.5 Å². The Labute approximate surface area is 175 Å². The summed E-state index contributed by atoms with van der Waals surface area (Å²) in [6.45, 7) is 7.11. The van der Waals surface area contributed by atoms with Crippen LogP contribution in [0.2, 0.25) is 0 Å². The molecule has 3 aromatic rings.